The van der Waals surface area contributed by atoms with Crippen molar-refractivity contribution in [2.75, 3.05) is 0 Å². The lowest BCUT2D eigenvalue weighted by Gasteiger charge is -2.60. The van der Waals surface area contributed by atoms with Crippen LogP contribution < -0.4 is 0 Å². The van der Waals surface area contributed by atoms with Crippen molar-refractivity contribution in [2.45, 2.75) is 85.5 Å². The molecule has 0 spiro atoms. The molecule has 4 fully saturated rings. The molecule has 0 aromatic rings. The van der Waals surface area contributed by atoms with Crippen LogP contribution in [0.2, 0.25) is 0 Å². The van der Waals surface area contributed by atoms with Gasteiger partial charge in [0.15, 0.2) is 0 Å². The lowest BCUT2D eigenvalue weighted by molar-refractivity contribution is -0.105. The van der Waals surface area contributed by atoms with E-state index in [1.165, 1.54) is 44.9 Å². The van der Waals surface area contributed by atoms with E-state index >= 15 is 0 Å². The molecule has 4 aliphatic carbocycles. The van der Waals surface area contributed by atoms with Crippen LogP contribution in [0, 0.1) is 40.4 Å². The van der Waals surface area contributed by atoms with Gasteiger partial charge in [-0.05, 0) is 98.7 Å². The molecule has 1 unspecified atom stereocenters. The van der Waals surface area contributed by atoms with Gasteiger partial charge in [-0.2, -0.15) is 0 Å². The lowest BCUT2D eigenvalue weighted by atomic mass is 9.44. The van der Waals surface area contributed by atoms with Gasteiger partial charge < -0.3 is 0 Å². The predicted octanol–water partition coefficient (Wildman–Crippen LogP) is 6.61. The summed E-state index contributed by atoms with van der Waals surface area (Å²) in [4.78, 5) is 0. The Balaban J connectivity index is 1.63. The fourth-order valence-corrected chi connectivity index (χ4v) is 7.79. The first-order valence-electron chi connectivity index (χ1n) is 10.1. The second-order valence-corrected chi connectivity index (χ2v) is 9.85. The fraction of sp³-hybridized carbons (Fsp3) is 0.909. The number of allylic oxidation sites excluding steroid dienone is 2. The zero-order valence-corrected chi connectivity index (χ0v) is 15.3. The van der Waals surface area contributed by atoms with Crippen LogP contribution in [0.5, 0.6) is 0 Å². The first-order chi connectivity index (χ1) is 10.5. The SMILES string of the molecule is C/C=C1/CC[C@H]2[C@@H]3CCC4C[C@@H](C)CC[C@]4(C)[C@H]3CC[C@]12C. The normalized spacial score (nSPS) is 56.4. The van der Waals surface area contributed by atoms with Gasteiger partial charge in [-0.1, -0.05) is 38.8 Å². The summed E-state index contributed by atoms with van der Waals surface area (Å²) in [6.07, 6.45) is 16.0. The topological polar surface area (TPSA) is 0 Å². The minimum atomic E-state index is 0.571. The van der Waals surface area contributed by atoms with Crippen molar-refractivity contribution >= 4 is 0 Å². The van der Waals surface area contributed by atoms with E-state index in [9.17, 15) is 0 Å². The van der Waals surface area contributed by atoms with Crippen molar-refractivity contribution in [2.24, 2.45) is 40.4 Å². The maximum absolute atomic E-state index is 2.70. The van der Waals surface area contributed by atoms with Crippen LogP contribution in [0.25, 0.3) is 0 Å². The van der Waals surface area contributed by atoms with Crippen LogP contribution in [0.1, 0.15) is 85.5 Å². The van der Waals surface area contributed by atoms with Gasteiger partial charge in [0.1, 0.15) is 0 Å². The van der Waals surface area contributed by atoms with Gasteiger partial charge in [0.05, 0.1) is 0 Å². The van der Waals surface area contributed by atoms with Crippen molar-refractivity contribution in [3.8, 4) is 0 Å². The van der Waals surface area contributed by atoms with Crippen LogP contribution in [0.4, 0.5) is 0 Å². The summed E-state index contributed by atoms with van der Waals surface area (Å²) < 4.78 is 0. The molecule has 0 nitrogen and oxygen atoms in total. The highest BCUT2D eigenvalue weighted by Crippen LogP contribution is 2.67. The molecule has 0 bridgehead atoms. The summed E-state index contributed by atoms with van der Waals surface area (Å²) in [5, 5.41) is 0. The van der Waals surface area contributed by atoms with E-state index in [4.69, 9.17) is 0 Å². The number of rotatable bonds is 0. The lowest BCUT2D eigenvalue weighted by Crippen LogP contribution is -2.52. The number of hydrogen-bond acceptors (Lipinski definition) is 0. The van der Waals surface area contributed by atoms with Crippen molar-refractivity contribution in [3.05, 3.63) is 11.6 Å². The monoisotopic (exact) mass is 300 g/mol. The molecular weight excluding hydrogens is 264 g/mol. The Labute approximate surface area is 138 Å². The average molecular weight is 301 g/mol. The molecule has 0 heterocycles. The molecule has 4 aliphatic rings. The maximum atomic E-state index is 2.70. The highest BCUT2D eigenvalue weighted by molar-refractivity contribution is 5.23. The van der Waals surface area contributed by atoms with Gasteiger partial charge in [-0.25, -0.2) is 0 Å². The van der Waals surface area contributed by atoms with Crippen molar-refractivity contribution in [1.82, 2.24) is 0 Å². The van der Waals surface area contributed by atoms with Gasteiger partial charge in [0.25, 0.3) is 0 Å². The largest absolute Gasteiger partial charge is 0.0879 e. The van der Waals surface area contributed by atoms with E-state index < -0.39 is 0 Å². The maximum Gasteiger partial charge on any atom is -0.00853 e. The molecule has 0 aromatic heterocycles. The quantitative estimate of drug-likeness (QED) is 0.441. The van der Waals surface area contributed by atoms with Gasteiger partial charge in [0.2, 0.25) is 0 Å². The molecule has 124 valence electrons. The molecule has 22 heavy (non-hydrogen) atoms. The van der Waals surface area contributed by atoms with Crippen molar-refractivity contribution < 1.29 is 0 Å². The van der Waals surface area contributed by atoms with Gasteiger partial charge in [-0.15, -0.1) is 0 Å². The number of hydrogen-bond donors (Lipinski definition) is 0. The molecule has 0 amide bonds. The summed E-state index contributed by atoms with van der Waals surface area (Å²) in [7, 11) is 0. The Morgan fingerprint density at radius 2 is 1.77 bits per heavy atom. The summed E-state index contributed by atoms with van der Waals surface area (Å²) in [6, 6.07) is 0. The zero-order valence-electron chi connectivity index (χ0n) is 15.3. The van der Waals surface area contributed by atoms with E-state index in [-0.39, 0.29) is 0 Å². The van der Waals surface area contributed by atoms with Crippen LogP contribution in [-0.4, -0.2) is 0 Å². The third kappa shape index (κ3) is 1.94. The first-order valence-corrected chi connectivity index (χ1v) is 10.1. The van der Waals surface area contributed by atoms with E-state index in [0.717, 1.165) is 29.6 Å². The highest BCUT2D eigenvalue weighted by atomic mass is 14.6. The Hall–Kier alpha value is -0.260. The van der Waals surface area contributed by atoms with Crippen LogP contribution in [0.15, 0.2) is 11.6 Å². The summed E-state index contributed by atoms with van der Waals surface area (Å²) in [5.41, 5.74) is 3.07. The summed E-state index contributed by atoms with van der Waals surface area (Å²) >= 11 is 0. The smallest absolute Gasteiger partial charge is 0.00853 e. The van der Waals surface area contributed by atoms with E-state index in [1.54, 1.807) is 18.4 Å². The van der Waals surface area contributed by atoms with E-state index in [0.29, 0.717) is 10.8 Å². The molecule has 0 heteroatoms. The average Bonchev–Trinajstić information content (AvgIpc) is 2.84. The standard InChI is InChI=1S/C22H36/c1-5-16-7-9-19-18-8-6-17-14-15(2)10-12-22(17,4)20(18)11-13-21(16,19)3/h5,15,17-20H,6-14H2,1-4H3/b16-5-/t15-,17?,18-,19-,20-,21+,22-/m0/s1. The third-order valence-corrected chi connectivity index (χ3v) is 9.12. The fourth-order valence-electron chi connectivity index (χ4n) is 7.79. The zero-order chi connectivity index (χ0) is 15.5. The second kappa shape index (κ2) is 5.12. The van der Waals surface area contributed by atoms with Crippen LogP contribution in [0.3, 0.4) is 0 Å². The van der Waals surface area contributed by atoms with Gasteiger partial charge in [0, 0.05) is 0 Å². The molecule has 0 aromatic carbocycles. The predicted molar refractivity (Wildman–Crippen MR) is 94.6 cm³/mol. The molecule has 0 N–H and O–H groups in total. The molecule has 0 saturated heterocycles. The molecular formula is C22H36. The molecule has 0 aliphatic heterocycles. The Bertz CT molecular complexity index is 474. The van der Waals surface area contributed by atoms with Crippen LogP contribution >= 0.6 is 0 Å². The summed E-state index contributed by atoms with van der Waals surface area (Å²) in [5.74, 6) is 5.14. The first kappa shape index (κ1) is 15.3. The minimum absolute atomic E-state index is 0.571. The minimum Gasteiger partial charge on any atom is -0.0879 e. The van der Waals surface area contributed by atoms with Crippen LogP contribution in [-0.2, 0) is 0 Å². The Morgan fingerprint density at radius 3 is 2.55 bits per heavy atom. The molecule has 4 saturated carbocycles. The van der Waals surface area contributed by atoms with Gasteiger partial charge >= 0.3 is 0 Å². The van der Waals surface area contributed by atoms with Crippen molar-refractivity contribution in [3.63, 3.8) is 0 Å². The van der Waals surface area contributed by atoms with Crippen molar-refractivity contribution in [1.29, 1.82) is 0 Å². The molecule has 0 radical (unpaired) electrons. The molecule has 7 atom stereocenters. The number of fused-ring (bicyclic) bond motifs is 5. The Kier molecular flexibility index (Phi) is 3.55. The second-order valence-electron chi connectivity index (χ2n) is 9.85. The highest BCUT2D eigenvalue weighted by Gasteiger charge is 2.58. The summed E-state index contributed by atoms with van der Waals surface area (Å²) in [6.45, 7) is 10.1. The Morgan fingerprint density at radius 1 is 0.955 bits per heavy atom. The van der Waals surface area contributed by atoms with E-state index in [1.807, 2.05) is 0 Å². The third-order valence-electron chi connectivity index (χ3n) is 9.12. The molecule has 4 rings (SSSR count). The van der Waals surface area contributed by atoms with Gasteiger partial charge in [-0.3, -0.25) is 0 Å². The van der Waals surface area contributed by atoms with E-state index in [2.05, 4.69) is 33.8 Å².